The molecular weight excluding hydrogens is 330 g/mol. The average molecular weight is 353 g/mol. The molecule has 0 bridgehead atoms. The molecule has 0 radical (unpaired) electrons. The topological polar surface area (TPSA) is 81.7 Å². The van der Waals surface area contributed by atoms with E-state index in [4.69, 9.17) is 9.47 Å². The Hall–Kier alpha value is -2.15. The molecule has 0 spiro atoms. The minimum Gasteiger partial charge on any atom is -0.462 e. The highest BCUT2D eigenvalue weighted by Crippen LogP contribution is 2.34. The third-order valence-electron chi connectivity index (χ3n) is 3.05. The predicted molar refractivity (Wildman–Crippen MR) is 93.4 cm³/mol. The summed E-state index contributed by atoms with van der Waals surface area (Å²) in [6.07, 6.45) is 2.05. The lowest BCUT2D eigenvalue weighted by Gasteiger charge is -2.07. The van der Waals surface area contributed by atoms with Crippen molar-refractivity contribution in [3.05, 3.63) is 27.7 Å². The number of carbonyl (C=O) groups excluding carboxylic acids is 3. The Balaban J connectivity index is 2.86. The first-order valence-corrected chi connectivity index (χ1v) is 8.52. The molecule has 24 heavy (non-hydrogen) atoms. The Morgan fingerprint density at radius 1 is 1.17 bits per heavy atom. The van der Waals surface area contributed by atoms with Crippen LogP contribution in [0.15, 0.2) is 11.6 Å². The number of carbonyl (C=O) groups is 3. The monoisotopic (exact) mass is 353 g/mol. The molecule has 1 rings (SSSR count). The molecule has 0 unspecified atom stereocenters. The van der Waals surface area contributed by atoms with Crippen LogP contribution in [0.25, 0.3) is 0 Å². The molecule has 1 heterocycles. The van der Waals surface area contributed by atoms with Gasteiger partial charge in [0.15, 0.2) is 6.61 Å². The molecule has 132 valence electrons. The van der Waals surface area contributed by atoms with Crippen molar-refractivity contribution < 1.29 is 23.9 Å². The van der Waals surface area contributed by atoms with Crippen LogP contribution in [-0.2, 0) is 25.5 Å². The van der Waals surface area contributed by atoms with E-state index in [1.165, 1.54) is 17.4 Å². The average Bonchev–Trinajstić information content (AvgIpc) is 2.80. The first-order valence-electron chi connectivity index (χ1n) is 7.70. The van der Waals surface area contributed by atoms with Crippen LogP contribution in [-0.4, -0.2) is 31.1 Å². The molecule has 1 aromatic heterocycles. The number of esters is 2. The lowest BCUT2D eigenvalue weighted by molar-refractivity contribution is -0.142. The summed E-state index contributed by atoms with van der Waals surface area (Å²) in [5.74, 6) is -1.55. The highest BCUT2D eigenvalue weighted by atomic mass is 32.1. The fourth-order valence-corrected chi connectivity index (χ4v) is 3.16. The number of hydrogen-bond donors (Lipinski definition) is 1. The first kappa shape index (κ1) is 19.9. The van der Waals surface area contributed by atoms with Gasteiger partial charge in [-0.1, -0.05) is 12.5 Å². The molecule has 0 aliphatic heterocycles. The van der Waals surface area contributed by atoms with Gasteiger partial charge in [-0.05, 0) is 39.7 Å². The molecule has 6 nitrogen and oxygen atoms in total. The zero-order valence-electron chi connectivity index (χ0n) is 14.6. The number of allylic oxidation sites excluding steroid dienone is 1. The highest BCUT2D eigenvalue weighted by Gasteiger charge is 2.23. The predicted octanol–water partition coefficient (Wildman–Crippen LogP) is 3.24. The van der Waals surface area contributed by atoms with Crippen LogP contribution in [0.2, 0.25) is 0 Å². The Bertz CT molecular complexity index is 656. The van der Waals surface area contributed by atoms with E-state index in [-0.39, 0.29) is 6.61 Å². The van der Waals surface area contributed by atoms with Gasteiger partial charge in [-0.2, -0.15) is 0 Å². The van der Waals surface area contributed by atoms with Crippen LogP contribution in [0.5, 0.6) is 0 Å². The van der Waals surface area contributed by atoms with Gasteiger partial charge in [0, 0.05) is 11.0 Å². The Kier molecular flexibility index (Phi) is 7.64. The number of ether oxygens (including phenoxy) is 2. The summed E-state index contributed by atoms with van der Waals surface area (Å²) in [5, 5.41) is 3.06. The van der Waals surface area contributed by atoms with E-state index >= 15 is 0 Å². The van der Waals surface area contributed by atoms with E-state index in [0.717, 1.165) is 22.4 Å². The maximum atomic E-state index is 12.1. The fraction of sp³-hybridized carbons (Fsp3) is 0.471. The van der Waals surface area contributed by atoms with Crippen molar-refractivity contribution in [1.29, 1.82) is 0 Å². The first-order chi connectivity index (χ1) is 11.3. The summed E-state index contributed by atoms with van der Waals surface area (Å²) in [7, 11) is 0. The minimum absolute atomic E-state index is 0.253. The molecule has 7 heteroatoms. The normalized spacial score (nSPS) is 10.0. The van der Waals surface area contributed by atoms with Crippen molar-refractivity contribution in [3.63, 3.8) is 0 Å². The van der Waals surface area contributed by atoms with Crippen molar-refractivity contribution >= 4 is 34.2 Å². The summed E-state index contributed by atoms with van der Waals surface area (Å²) in [6.45, 7) is 8.88. The van der Waals surface area contributed by atoms with Gasteiger partial charge in [0.05, 0.1) is 12.2 Å². The summed E-state index contributed by atoms with van der Waals surface area (Å²) >= 11 is 1.33. The highest BCUT2D eigenvalue weighted by molar-refractivity contribution is 7.17. The molecule has 0 atom stereocenters. The van der Waals surface area contributed by atoms with E-state index in [2.05, 4.69) is 5.32 Å². The van der Waals surface area contributed by atoms with Gasteiger partial charge in [0.1, 0.15) is 5.00 Å². The minimum atomic E-state index is -0.577. The van der Waals surface area contributed by atoms with Crippen molar-refractivity contribution in [1.82, 2.24) is 0 Å². The third kappa shape index (κ3) is 5.49. The van der Waals surface area contributed by atoms with Crippen molar-refractivity contribution in [3.8, 4) is 0 Å². The number of anilines is 1. The van der Waals surface area contributed by atoms with Crippen LogP contribution in [0.1, 0.15) is 48.5 Å². The number of amides is 1. The molecule has 0 saturated heterocycles. The quantitative estimate of drug-likeness (QED) is 0.601. The zero-order chi connectivity index (χ0) is 18.3. The van der Waals surface area contributed by atoms with E-state index in [1.807, 2.05) is 13.8 Å². The van der Waals surface area contributed by atoms with E-state index in [9.17, 15) is 14.4 Å². The van der Waals surface area contributed by atoms with Crippen LogP contribution in [0.3, 0.4) is 0 Å². The lowest BCUT2D eigenvalue weighted by Crippen LogP contribution is -2.21. The second kappa shape index (κ2) is 9.22. The van der Waals surface area contributed by atoms with Crippen molar-refractivity contribution in [2.24, 2.45) is 0 Å². The van der Waals surface area contributed by atoms with Crippen LogP contribution in [0.4, 0.5) is 5.00 Å². The summed E-state index contributed by atoms with van der Waals surface area (Å²) in [4.78, 5) is 36.5. The fourth-order valence-electron chi connectivity index (χ4n) is 2.01. The second-order valence-electron chi connectivity index (χ2n) is 5.31. The Morgan fingerprint density at radius 2 is 1.83 bits per heavy atom. The number of nitrogens with one attached hydrogen (secondary N) is 1. The molecule has 1 amide bonds. The maximum Gasteiger partial charge on any atom is 0.341 e. The van der Waals surface area contributed by atoms with Crippen LogP contribution < -0.4 is 5.32 Å². The summed E-state index contributed by atoms with van der Waals surface area (Å²) in [5.41, 5.74) is 1.95. The van der Waals surface area contributed by atoms with Crippen LogP contribution in [0, 0.1) is 6.92 Å². The molecule has 0 aliphatic rings. The second-order valence-corrected chi connectivity index (χ2v) is 6.41. The van der Waals surface area contributed by atoms with E-state index < -0.39 is 24.5 Å². The molecule has 0 saturated carbocycles. The molecule has 1 aromatic rings. The molecular formula is C17H23NO5S. The van der Waals surface area contributed by atoms with Crippen LogP contribution >= 0.6 is 11.3 Å². The summed E-state index contributed by atoms with van der Waals surface area (Å²) < 4.78 is 9.91. The van der Waals surface area contributed by atoms with Crippen molar-refractivity contribution in [2.45, 2.75) is 41.0 Å². The SMILES string of the molecule is CCOC(=O)c1c(NC(=O)COC(=O)C=C(C)C)sc(CC)c1C. The molecule has 0 aliphatic carbocycles. The molecule has 0 aromatic carbocycles. The van der Waals surface area contributed by atoms with E-state index in [1.54, 1.807) is 20.8 Å². The largest absolute Gasteiger partial charge is 0.462 e. The number of aryl methyl sites for hydroxylation is 1. The molecule has 0 fully saturated rings. The van der Waals surface area contributed by atoms with E-state index in [0.29, 0.717) is 10.6 Å². The maximum absolute atomic E-state index is 12.1. The summed E-state index contributed by atoms with van der Waals surface area (Å²) in [6, 6.07) is 0. The number of hydrogen-bond acceptors (Lipinski definition) is 6. The van der Waals surface area contributed by atoms with Gasteiger partial charge >= 0.3 is 11.9 Å². The van der Waals surface area contributed by atoms with Gasteiger partial charge in [0.2, 0.25) is 0 Å². The third-order valence-corrected chi connectivity index (χ3v) is 4.40. The van der Waals surface area contributed by atoms with Gasteiger partial charge in [0.25, 0.3) is 5.91 Å². The zero-order valence-corrected chi connectivity index (χ0v) is 15.5. The lowest BCUT2D eigenvalue weighted by atomic mass is 10.1. The van der Waals surface area contributed by atoms with Gasteiger partial charge in [-0.25, -0.2) is 9.59 Å². The smallest absolute Gasteiger partial charge is 0.341 e. The Morgan fingerprint density at radius 3 is 2.38 bits per heavy atom. The van der Waals surface area contributed by atoms with Gasteiger partial charge < -0.3 is 14.8 Å². The van der Waals surface area contributed by atoms with Gasteiger partial charge in [-0.3, -0.25) is 4.79 Å². The Labute approximate surface area is 145 Å². The van der Waals surface area contributed by atoms with Gasteiger partial charge in [-0.15, -0.1) is 11.3 Å². The standard InChI is InChI=1S/C17H23NO5S/c1-6-12-11(5)15(17(21)22-7-2)16(24-12)18-13(19)9-23-14(20)8-10(3)4/h8H,6-7,9H2,1-5H3,(H,18,19). The van der Waals surface area contributed by atoms with Crippen molar-refractivity contribution in [2.75, 3.05) is 18.5 Å². The molecule has 1 N–H and O–H groups in total. The number of rotatable bonds is 7. The number of thiophene rings is 1.